The van der Waals surface area contributed by atoms with Crippen molar-refractivity contribution in [1.29, 1.82) is 5.26 Å². The molecule has 0 bridgehead atoms. The fourth-order valence-corrected chi connectivity index (χ4v) is 2.34. The summed E-state index contributed by atoms with van der Waals surface area (Å²) in [7, 11) is 0. The van der Waals surface area contributed by atoms with Crippen molar-refractivity contribution in [1.82, 2.24) is 9.13 Å². The number of carbonyl (C=O) groups is 1. The molecule has 1 aromatic heterocycles. The highest BCUT2D eigenvalue weighted by Crippen LogP contribution is 2.18. The number of nitriles is 1. The Balaban J connectivity index is 3.01. The summed E-state index contributed by atoms with van der Waals surface area (Å²) < 4.78 is 1.67. The van der Waals surface area contributed by atoms with Crippen LogP contribution in [-0.4, -0.2) is 20.0 Å². The first-order valence-corrected chi connectivity index (χ1v) is 7.08. The van der Waals surface area contributed by atoms with Gasteiger partial charge < -0.3 is 5.11 Å². The fourth-order valence-electron chi connectivity index (χ4n) is 2.34. The fraction of sp³-hybridized carbons (Fsp3) is 0.176. The summed E-state index contributed by atoms with van der Waals surface area (Å²) in [4.78, 5) is 37.1. The zero-order valence-corrected chi connectivity index (χ0v) is 13.2. The van der Waals surface area contributed by atoms with E-state index in [4.69, 9.17) is 5.26 Å². The quantitative estimate of drug-likeness (QED) is 0.678. The second-order valence-corrected chi connectivity index (χ2v) is 5.19. The molecule has 0 aliphatic carbocycles. The number of ketones is 1. The zero-order chi connectivity index (χ0) is 18.0. The minimum absolute atomic E-state index is 0.136. The van der Waals surface area contributed by atoms with Gasteiger partial charge >= 0.3 is 5.69 Å². The van der Waals surface area contributed by atoms with E-state index in [1.54, 1.807) is 6.92 Å². The molecule has 1 aromatic carbocycles. The Kier molecular flexibility index (Phi) is 4.51. The van der Waals surface area contributed by atoms with Crippen LogP contribution in [0, 0.1) is 11.3 Å². The Hall–Kier alpha value is -3.40. The highest BCUT2D eigenvalue weighted by Gasteiger charge is 2.24. The summed E-state index contributed by atoms with van der Waals surface area (Å²) in [6.45, 7) is 6.27. The van der Waals surface area contributed by atoms with Gasteiger partial charge in [-0.15, -0.1) is 6.58 Å². The van der Waals surface area contributed by atoms with E-state index in [2.05, 4.69) is 6.58 Å². The first-order valence-electron chi connectivity index (χ1n) is 7.08. The molecular formula is C17H15N3O4. The third-order valence-electron chi connectivity index (χ3n) is 3.60. The number of aromatic hydroxyl groups is 1. The average molecular weight is 325 g/mol. The molecule has 1 unspecified atom stereocenters. The van der Waals surface area contributed by atoms with Crippen molar-refractivity contribution in [3.63, 3.8) is 0 Å². The van der Waals surface area contributed by atoms with Crippen molar-refractivity contribution in [2.24, 2.45) is 0 Å². The summed E-state index contributed by atoms with van der Waals surface area (Å²) in [5.74, 6) is -1.37. The minimum atomic E-state index is -0.937. The molecule has 2 aromatic rings. The maximum Gasteiger partial charge on any atom is 0.339 e. The first-order chi connectivity index (χ1) is 11.3. The van der Waals surface area contributed by atoms with E-state index in [0.717, 1.165) is 16.1 Å². The van der Waals surface area contributed by atoms with Gasteiger partial charge in [0.1, 0.15) is 5.56 Å². The molecule has 0 aliphatic rings. The monoisotopic (exact) mass is 325 g/mol. The number of carbonyl (C=O) groups excluding carboxylic acids is 1. The van der Waals surface area contributed by atoms with Crippen LogP contribution in [0.2, 0.25) is 0 Å². The number of hydrogen-bond donors (Lipinski definition) is 1. The molecule has 24 heavy (non-hydrogen) atoms. The van der Waals surface area contributed by atoms with Crippen LogP contribution in [0.5, 0.6) is 5.88 Å². The molecule has 1 heterocycles. The number of benzene rings is 1. The molecule has 0 amide bonds. The van der Waals surface area contributed by atoms with Crippen molar-refractivity contribution >= 4 is 5.78 Å². The predicted octanol–water partition coefficient (Wildman–Crippen LogP) is 1.53. The highest BCUT2D eigenvalue weighted by molar-refractivity contribution is 5.95. The molecule has 0 saturated heterocycles. The summed E-state index contributed by atoms with van der Waals surface area (Å²) in [5.41, 5.74) is -1.88. The van der Waals surface area contributed by atoms with Crippen LogP contribution in [0.4, 0.5) is 0 Å². The molecule has 0 radical (unpaired) electrons. The molecule has 7 heteroatoms. The van der Waals surface area contributed by atoms with Crippen LogP contribution in [0.25, 0.3) is 5.69 Å². The SMILES string of the molecule is C=CC(C)n1c(O)c(C(C)=O)c(=O)n(-c2cccc(C#N)c2)c1=O. The third-order valence-corrected chi connectivity index (χ3v) is 3.60. The van der Waals surface area contributed by atoms with Gasteiger partial charge in [-0.2, -0.15) is 5.26 Å². The number of allylic oxidation sites excluding steroid dienone is 1. The van der Waals surface area contributed by atoms with Gasteiger partial charge in [0, 0.05) is 0 Å². The lowest BCUT2D eigenvalue weighted by Crippen LogP contribution is -2.42. The van der Waals surface area contributed by atoms with Gasteiger partial charge in [-0.05, 0) is 32.0 Å². The lowest BCUT2D eigenvalue weighted by Gasteiger charge is -2.17. The number of aromatic nitrogens is 2. The Labute approximate surface area is 137 Å². The standard InChI is InChI=1S/C17H15N3O4/c1-4-10(2)19-15(22)14(11(3)21)16(23)20(17(19)24)13-7-5-6-12(8-13)9-18/h4-8,10,22H,1H2,2-3H3. The highest BCUT2D eigenvalue weighted by atomic mass is 16.3. The van der Waals surface area contributed by atoms with Gasteiger partial charge in [0.2, 0.25) is 5.88 Å². The smallest absolute Gasteiger partial charge is 0.339 e. The molecule has 0 fully saturated rings. The van der Waals surface area contributed by atoms with Crippen molar-refractivity contribution < 1.29 is 9.90 Å². The van der Waals surface area contributed by atoms with Gasteiger partial charge in [-0.1, -0.05) is 12.1 Å². The van der Waals surface area contributed by atoms with E-state index in [1.165, 1.54) is 30.3 Å². The van der Waals surface area contributed by atoms with Crippen LogP contribution in [-0.2, 0) is 0 Å². The number of rotatable bonds is 4. The molecule has 122 valence electrons. The molecule has 7 nitrogen and oxygen atoms in total. The molecule has 0 spiro atoms. The van der Waals surface area contributed by atoms with E-state index in [-0.39, 0.29) is 11.3 Å². The van der Waals surface area contributed by atoms with E-state index < -0.39 is 34.5 Å². The van der Waals surface area contributed by atoms with Crippen molar-refractivity contribution in [3.05, 3.63) is 68.9 Å². The second kappa shape index (κ2) is 6.38. The number of hydrogen-bond acceptors (Lipinski definition) is 5. The van der Waals surface area contributed by atoms with E-state index in [1.807, 2.05) is 6.07 Å². The summed E-state index contributed by atoms with van der Waals surface area (Å²) in [6.07, 6.45) is 1.39. The molecule has 0 aliphatic heterocycles. The largest absolute Gasteiger partial charge is 0.494 e. The van der Waals surface area contributed by atoms with E-state index in [9.17, 15) is 19.5 Å². The topological polar surface area (TPSA) is 105 Å². The zero-order valence-electron chi connectivity index (χ0n) is 13.2. The van der Waals surface area contributed by atoms with E-state index in [0.29, 0.717) is 0 Å². The number of Topliss-reactive ketones (excluding diaryl/α,β-unsaturated/α-hetero) is 1. The van der Waals surface area contributed by atoms with Gasteiger partial charge in [-0.25, -0.2) is 9.36 Å². The summed E-state index contributed by atoms with van der Waals surface area (Å²) >= 11 is 0. The van der Waals surface area contributed by atoms with Crippen molar-refractivity contribution in [2.45, 2.75) is 19.9 Å². The van der Waals surface area contributed by atoms with Gasteiger partial charge in [0.15, 0.2) is 5.78 Å². The Bertz CT molecular complexity index is 992. The maximum absolute atomic E-state index is 12.7. The number of nitrogens with zero attached hydrogens (tertiary/aromatic N) is 3. The molecule has 2 rings (SSSR count). The van der Waals surface area contributed by atoms with E-state index >= 15 is 0 Å². The normalized spacial score (nSPS) is 11.5. The Morgan fingerprint density at radius 1 is 1.42 bits per heavy atom. The van der Waals surface area contributed by atoms with Crippen LogP contribution < -0.4 is 11.2 Å². The summed E-state index contributed by atoms with van der Waals surface area (Å²) in [6, 6.07) is 7.12. The second-order valence-electron chi connectivity index (χ2n) is 5.19. The van der Waals surface area contributed by atoms with Crippen molar-refractivity contribution in [2.75, 3.05) is 0 Å². The third kappa shape index (κ3) is 2.65. The first kappa shape index (κ1) is 17.0. The summed E-state index contributed by atoms with van der Waals surface area (Å²) in [5, 5.41) is 19.2. The Morgan fingerprint density at radius 2 is 2.08 bits per heavy atom. The van der Waals surface area contributed by atoms with Crippen LogP contribution in [0.3, 0.4) is 0 Å². The predicted molar refractivity (Wildman–Crippen MR) is 87.6 cm³/mol. The van der Waals surface area contributed by atoms with Crippen LogP contribution in [0.15, 0.2) is 46.5 Å². The van der Waals surface area contributed by atoms with Crippen molar-refractivity contribution in [3.8, 4) is 17.6 Å². The lowest BCUT2D eigenvalue weighted by atomic mass is 10.2. The minimum Gasteiger partial charge on any atom is -0.494 e. The Morgan fingerprint density at radius 3 is 2.62 bits per heavy atom. The molecule has 0 saturated carbocycles. The molecule has 1 N–H and O–H groups in total. The molecule has 1 atom stereocenters. The van der Waals surface area contributed by atoms with Crippen LogP contribution >= 0.6 is 0 Å². The molecular weight excluding hydrogens is 310 g/mol. The van der Waals surface area contributed by atoms with Crippen LogP contribution in [0.1, 0.15) is 35.8 Å². The van der Waals surface area contributed by atoms with Gasteiger partial charge in [0.05, 0.1) is 23.4 Å². The lowest BCUT2D eigenvalue weighted by molar-refractivity contribution is 0.101. The maximum atomic E-state index is 12.7. The average Bonchev–Trinajstić information content (AvgIpc) is 2.54. The van der Waals surface area contributed by atoms with Gasteiger partial charge in [-0.3, -0.25) is 14.2 Å². The van der Waals surface area contributed by atoms with Gasteiger partial charge in [0.25, 0.3) is 5.56 Å².